The number of H-pyrrole nitrogens is 1. The monoisotopic (exact) mass is 336 g/mol. The highest BCUT2D eigenvalue weighted by Crippen LogP contribution is 2.24. The Morgan fingerprint density at radius 3 is 2.61 bits per heavy atom. The first-order valence-electron chi connectivity index (χ1n) is 7.41. The average Bonchev–Trinajstić information content (AvgIpc) is 2.73. The van der Waals surface area contributed by atoms with Gasteiger partial charge in [0.25, 0.3) is 11.5 Å². The summed E-state index contributed by atoms with van der Waals surface area (Å²) in [5.41, 5.74) is 3.31. The number of carbonyl (C=O) groups excluding carboxylic acids is 1. The summed E-state index contributed by atoms with van der Waals surface area (Å²) in [6.07, 6.45) is 0. The number of carbonyl (C=O) groups is 1. The normalized spacial score (nSPS) is 10.7. The summed E-state index contributed by atoms with van der Waals surface area (Å²) in [5.74, 6) is -0.258. The summed E-state index contributed by atoms with van der Waals surface area (Å²) < 4.78 is 1.64. The number of hydrogen-bond donors (Lipinski definition) is 3. The van der Waals surface area contributed by atoms with Crippen molar-refractivity contribution < 1.29 is 4.79 Å². The molecular weight excluding hydrogens is 316 g/mol. The van der Waals surface area contributed by atoms with Crippen molar-refractivity contribution in [2.45, 2.75) is 27.3 Å². The van der Waals surface area contributed by atoms with Crippen LogP contribution in [0.25, 0.3) is 0 Å². The van der Waals surface area contributed by atoms with E-state index in [0.29, 0.717) is 16.1 Å². The van der Waals surface area contributed by atoms with Gasteiger partial charge in [0, 0.05) is 35.6 Å². The Bertz CT molecular complexity index is 792. The standard InChI is InChI=1S/C16H21ClN4O2/c1-5-18-14-7-11(17)6-12(9(14)2)15(22)19-8-13-10(3)21(4)20-16(13)23/h6-7,18H,5,8H2,1-4H3,(H,19,22)(H,20,23). The van der Waals surface area contributed by atoms with Crippen LogP contribution in [0.3, 0.4) is 0 Å². The van der Waals surface area contributed by atoms with Gasteiger partial charge in [-0.25, -0.2) is 0 Å². The Morgan fingerprint density at radius 1 is 1.35 bits per heavy atom. The fourth-order valence-corrected chi connectivity index (χ4v) is 2.65. The highest BCUT2D eigenvalue weighted by Gasteiger charge is 2.15. The molecule has 0 aliphatic rings. The quantitative estimate of drug-likeness (QED) is 0.784. The van der Waals surface area contributed by atoms with E-state index in [9.17, 15) is 9.59 Å². The van der Waals surface area contributed by atoms with Crippen LogP contribution in [0.15, 0.2) is 16.9 Å². The lowest BCUT2D eigenvalue weighted by molar-refractivity contribution is 0.0950. The van der Waals surface area contributed by atoms with E-state index in [1.165, 1.54) is 0 Å². The minimum Gasteiger partial charge on any atom is -0.385 e. The van der Waals surface area contributed by atoms with Gasteiger partial charge < -0.3 is 10.6 Å². The van der Waals surface area contributed by atoms with Crippen LogP contribution in [-0.2, 0) is 13.6 Å². The van der Waals surface area contributed by atoms with Crippen LogP contribution >= 0.6 is 11.6 Å². The molecule has 3 N–H and O–H groups in total. The van der Waals surface area contributed by atoms with Crippen LogP contribution in [0, 0.1) is 13.8 Å². The molecule has 0 aliphatic heterocycles. The first-order chi connectivity index (χ1) is 10.8. The first kappa shape index (κ1) is 17.1. The maximum Gasteiger partial charge on any atom is 0.269 e. The Hall–Kier alpha value is -2.21. The Labute approximate surface area is 139 Å². The number of nitrogens with zero attached hydrogens (tertiary/aromatic N) is 1. The summed E-state index contributed by atoms with van der Waals surface area (Å²) >= 11 is 6.09. The molecule has 124 valence electrons. The fourth-order valence-electron chi connectivity index (χ4n) is 2.43. The van der Waals surface area contributed by atoms with E-state index >= 15 is 0 Å². The molecule has 23 heavy (non-hydrogen) atoms. The second kappa shape index (κ2) is 6.91. The second-order valence-electron chi connectivity index (χ2n) is 5.40. The van der Waals surface area contributed by atoms with Crippen LogP contribution < -0.4 is 16.2 Å². The van der Waals surface area contributed by atoms with Crippen LogP contribution in [-0.4, -0.2) is 22.2 Å². The van der Waals surface area contributed by atoms with Crippen LogP contribution in [0.4, 0.5) is 5.69 Å². The molecule has 0 atom stereocenters. The zero-order valence-corrected chi connectivity index (χ0v) is 14.5. The van der Waals surface area contributed by atoms with E-state index in [-0.39, 0.29) is 18.0 Å². The van der Waals surface area contributed by atoms with Crippen molar-refractivity contribution in [2.24, 2.45) is 7.05 Å². The summed E-state index contributed by atoms with van der Waals surface area (Å²) in [4.78, 5) is 24.3. The maximum atomic E-state index is 12.5. The summed E-state index contributed by atoms with van der Waals surface area (Å²) in [6, 6.07) is 3.43. The van der Waals surface area contributed by atoms with Crippen molar-refractivity contribution in [1.82, 2.24) is 15.1 Å². The van der Waals surface area contributed by atoms with E-state index in [1.807, 2.05) is 20.8 Å². The Balaban J connectivity index is 2.23. The molecule has 0 saturated carbocycles. The lowest BCUT2D eigenvalue weighted by Crippen LogP contribution is -2.26. The van der Waals surface area contributed by atoms with Crippen molar-refractivity contribution >= 4 is 23.2 Å². The van der Waals surface area contributed by atoms with Crippen molar-refractivity contribution in [1.29, 1.82) is 0 Å². The first-order valence-corrected chi connectivity index (χ1v) is 7.79. The number of aromatic nitrogens is 2. The third-order valence-corrected chi connectivity index (χ3v) is 4.11. The van der Waals surface area contributed by atoms with Gasteiger partial charge in [0.05, 0.1) is 12.1 Å². The van der Waals surface area contributed by atoms with E-state index < -0.39 is 0 Å². The predicted octanol–water partition coefficient (Wildman–Crippen LogP) is 2.35. The van der Waals surface area contributed by atoms with Crippen molar-refractivity contribution in [3.05, 3.63) is 49.9 Å². The molecule has 1 aromatic heterocycles. The number of benzene rings is 1. The number of aromatic amines is 1. The van der Waals surface area contributed by atoms with Gasteiger partial charge >= 0.3 is 0 Å². The van der Waals surface area contributed by atoms with Crippen LogP contribution in [0.5, 0.6) is 0 Å². The largest absolute Gasteiger partial charge is 0.385 e. The highest BCUT2D eigenvalue weighted by atomic mass is 35.5. The minimum absolute atomic E-state index is 0.170. The smallest absolute Gasteiger partial charge is 0.269 e. The van der Waals surface area contributed by atoms with Gasteiger partial charge in [-0.05, 0) is 38.5 Å². The number of aryl methyl sites for hydroxylation is 1. The summed E-state index contributed by atoms with van der Waals surface area (Å²) in [6.45, 7) is 6.58. The van der Waals surface area contributed by atoms with Crippen LogP contribution in [0.2, 0.25) is 5.02 Å². The van der Waals surface area contributed by atoms with Gasteiger partial charge in [-0.3, -0.25) is 19.4 Å². The van der Waals surface area contributed by atoms with Crippen molar-refractivity contribution in [3.8, 4) is 0 Å². The van der Waals surface area contributed by atoms with Crippen LogP contribution in [0.1, 0.15) is 34.1 Å². The summed E-state index contributed by atoms with van der Waals surface area (Å²) in [5, 5.41) is 9.13. The van der Waals surface area contributed by atoms with Gasteiger partial charge in [-0.1, -0.05) is 11.6 Å². The zero-order valence-electron chi connectivity index (χ0n) is 13.7. The molecule has 0 radical (unpaired) electrons. The van der Waals surface area contributed by atoms with Gasteiger partial charge in [0.2, 0.25) is 0 Å². The topological polar surface area (TPSA) is 78.9 Å². The number of hydrogen-bond acceptors (Lipinski definition) is 3. The number of nitrogens with one attached hydrogen (secondary N) is 3. The number of anilines is 1. The van der Waals surface area contributed by atoms with Gasteiger partial charge in [-0.2, -0.15) is 0 Å². The van der Waals surface area contributed by atoms with E-state index in [1.54, 1.807) is 23.9 Å². The minimum atomic E-state index is -0.258. The Kier molecular flexibility index (Phi) is 5.15. The molecule has 2 rings (SSSR count). The molecule has 1 aromatic carbocycles. The second-order valence-corrected chi connectivity index (χ2v) is 5.84. The lowest BCUT2D eigenvalue weighted by atomic mass is 10.1. The molecule has 2 aromatic rings. The van der Waals surface area contributed by atoms with E-state index in [0.717, 1.165) is 23.5 Å². The third-order valence-electron chi connectivity index (χ3n) is 3.89. The SMILES string of the molecule is CCNc1cc(Cl)cc(C(=O)NCc2c(C)n(C)[nH]c2=O)c1C. The van der Waals surface area contributed by atoms with E-state index in [4.69, 9.17) is 11.6 Å². The third kappa shape index (κ3) is 3.59. The molecule has 1 amide bonds. The molecule has 6 nitrogen and oxygen atoms in total. The number of amides is 1. The van der Waals surface area contributed by atoms with Crippen molar-refractivity contribution in [3.63, 3.8) is 0 Å². The average molecular weight is 337 g/mol. The highest BCUT2D eigenvalue weighted by molar-refractivity contribution is 6.31. The molecule has 7 heteroatoms. The molecule has 0 bridgehead atoms. The summed E-state index contributed by atoms with van der Waals surface area (Å²) in [7, 11) is 1.76. The van der Waals surface area contributed by atoms with Crippen molar-refractivity contribution in [2.75, 3.05) is 11.9 Å². The molecule has 0 saturated heterocycles. The molecule has 0 unspecified atom stereocenters. The zero-order chi connectivity index (χ0) is 17.1. The Morgan fingerprint density at radius 2 is 2.04 bits per heavy atom. The van der Waals surface area contributed by atoms with Gasteiger partial charge in [0.15, 0.2) is 0 Å². The molecule has 0 spiro atoms. The molecule has 1 heterocycles. The number of rotatable bonds is 5. The maximum absolute atomic E-state index is 12.5. The molecule has 0 aliphatic carbocycles. The molecular formula is C16H21ClN4O2. The van der Waals surface area contributed by atoms with Gasteiger partial charge in [-0.15, -0.1) is 0 Å². The number of halogens is 1. The van der Waals surface area contributed by atoms with Gasteiger partial charge in [0.1, 0.15) is 0 Å². The lowest BCUT2D eigenvalue weighted by Gasteiger charge is -2.13. The fraction of sp³-hybridized carbons (Fsp3) is 0.375. The van der Waals surface area contributed by atoms with E-state index in [2.05, 4.69) is 15.7 Å². The predicted molar refractivity (Wildman–Crippen MR) is 92.3 cm³/mol. The molecule has 0 fully saturated rings.